The number of phosphoric ester groups is 1. The second-order valence-corrected chi connectivity index (χ2v) is 32.6. The Morgan fingerprint density at radius 1 is 0.672 bits per heavy atom. The topological polar surface area (TPSA) is 325 Å². The van der Waals surface area contributed by atoms with Crippen molar-refractivity contribution in [3.63, 3.8) is 0 Å². The molecule has 3 amide bonds. The van der Waals surface area contributed by atoms with Crippen LogP contribution < -0.4 is 24.7 Å². The summed E-state index contributed by atoms with van der Waals surface area (Å²) in [5, 5.41) is 25.4. The van der Waals surface area contributed by atoms with E-state index in [1.807, 2.05) is 173 Å². The van der Waals surface area contributed by atoms with Gasteiger partial charge >= 0.3 is 13.9 Å². The summed E-state index contributed by atoms with van der Waals surface area (Å²) in [4.78, 5) is 73.6. The summed E-state index contributed by atoms with van der Waals surface area (Å²) in [6.45, 7) is 7.44. The second-order valence-electron chi connectivity index (χ2n) is 29.5. The van der Waals surface area contributed by atoms with E-state index in [-0.39, 0.29) is 118 Å². The molecule has 618 valence electrons. The number of aromatic nitrogens is 6. The van der Waals surface area contributed by atoms with Crippen molar-refractivity contribution in [1.82, 2.24) is 34.1 Å². The number of nitrogens with one attached hydrogen (secondary N) is 2. The number of fused-ring (bicyclic) bond motifs is 4. The number of methoxy groups -OCH3 is 2. The van der Waals surface area contributed by atoms with Gasteiger partial charge in [0, 0.05) is 75.3 Å². The summed E-state index contributed by atoms with van der Waals surface area (Å²) < 4.78 is 93.0. The number of ether oxygens (including phenoxy) is 6. The fourth-order valence-electron chi connectivity index (χ4n) is 15.0. The maximum absolute atomic E-state index is 16.1. The summed E-state index contributed by atoms with van der Waals surface area (Å²) in [6.07, 6.45) is 1.08. The number of carbonyl (C=O) groups is 4. The molecule has 0 bridgehead atoms. The standard InChI is InChI=1S/C89H96N12O16P2/c1-60(2)101(61(3)4)118(111-49-19-45-90)116-76-52-82(99-48-44-80(94-58-99)96-81(103)29-18-47-98(5)88(105)109-54-75-73-27-16-14-25-71(73)72-26-15-17-28-74(72)75)114-79(76)56-113-119(106,112-50-20-46-91)117-77-53-83(115-78(77)55-110-89(65-23-12-9-13-24-65,66-35-40-69(107-6)41-36-66)67-37-42-70(108-7)43-38-67)100-59-95-84-85(92-57-93-86(84)100)97-87(104)64-33-30-62(31-34-64)32-39-68(102)51-63-21-10-8-11-22-63/h8-17,21-28,30-31,33-38,40-44,48,57-61,75-79,82-83H,18-20,29,32,39,47,49-56H2,1-7H3,(H,92,93,97,104)/p+1/t76-,77-,78-,79-,82-,83-,118?,119?/m1/s1. The predicted octanol–water partition coefficient (Wildman–Crippen LogP) is 15.5. The third kappa shape index (κ3) is 21.2. The number of anilines is 2. The highest BCUT2D eigenvalue weighted by Gasteiger charge is 2.49. The molecule has 10 aromatic rings. The molecule has 3 aromatic heterocycles. The number of carbonyl (C=O) groups excluding carboxylic acids is 4. The minimum Gasteiger partial charge on any atom is -0.497 e. The number of amides is 3. The van der Waals surface area contributed by atoms with Crippen LogP contribution in [0.5, 0.6) is 11.5 Å². The Bertz CT molecular complexity index is 5120. The number of aryl methyl sites for hydroxylation is 1. The minimum absolute atomic E-state index is 0.0622. The number of benzene rings is 7. The van der Waals surface area contributed by atoms with Gasteiger partial charge in [-0.05, 0) is 132 Å². The van der Waals surface area contributed by atoms with E-state index >= 15 is 4.57 Å². The first kappa shape index (κ1) is 85.8. The van der Waals surface area contributed by atoms with Crippen LogP contribution in [0, 0.1) is 22.7 Å². The highest BCUT2D eigenvalue weighted by atomic mass is 31.2. The molecule has 2 saturated heterocycles. The Balaban J connectivity index is 0.749. The molecule has 0 saturated carbocycles. The number of Topliss-reactive ketones (excluding diaryl/α,β-unsaturated/α-hetero) is 1. The van der Waals surface area contributed by atoms with Gasteiger partial charge in [-0.25, -0.2) is 33.5 Å². The van der Waals surface area contributed by atoms with Crippen LogP contribution in [0.25, 0.3) is 22.3 Å². The van der Waals surface area contributed by atoms with Crippen molar-refractivity contribution < 1.29 is 79.4 Å². The van der Waals surface area contributed by atoms with Gasteiger partial charge in [0.05, 0.1) is 78.2 Å². The summed E-state index contributed by atoms with van der Waals surface area (Å²) in [7, 11) is -1.97. The first-order valence-corrected chi connectivity index (χ1v) is 42.3. The Morgan fingerprint density at radius 2 is 1.30 bits per heavy atom. The van der Waals surface area contributed by atoms with Crippen molar-refractivity contribution in [3.8, 4) is 34.8 Å². The molecule has 3 aliphatic rings. The van der Waals surface area contributed by atoms with Crippen LogP contribution in [0.15, 0.2) is 213 Å². The van der Waals surface area contributed by atoms with Gasteiger partial charge in [0.1, 0.15) is 66.5 Å². The molecule has 2 fully saturated rings. The van der Waals surface area contributed by atoms with Crippen LogP contribution in [0.2, 0.25) is 0 Å². The molecule has 2 unspecified atom stereocenters. The van der Waals surface area contributed by atoms with Crippen molar-refractivity contribution in [2.75, 3.05) is 71.5 Å². The Labute approximate surface area is 693 Å². The van der Waals surface area contributed by atoms with E-state index in [1.165, 1.54) is 23.9 Å². The molecule has 5 heterocycles. The lowest BCUT2D eigenvalue weighted by Crippen LogP contribution is -2.40. The Hall–Kier alpha value is -11.1. The normalized spacial score (nSPS) is 17.7. The highest BCUT2D eigenvalue weighted by molar-refractivity contribution is 7.48. The number of ketones is 1. The first-order valence-electron chi connectivity index (χ1n) is 39.7. The molecule has 28 nitrogen and oxygen atoms in total. The zero-order valence-corrected chi connectivity index (χ0v) is 69.2. The predicted molar refractivity (Wildman–Crippen MR) is 443 cm³/mol. The van der Waals surface area contributed by atoms with Gasteiger partial charge in [-0.2, -0.15) is 10.5 Å². The van der Waals surface area contributed by atoms with Crippen molar-refractivity contribution in [3.05, 3.63) is 258 Å². The van der Waals surface area contributed by atoms with Crippen LogP contribution >= 0.6 is 16.3 Å². The number of imidazole rings is 1. The molecule has 0 radical (unpaired) electrons. The molecule has 13 rings (SSSR count). The molecular formula is C89H97N12O16P2+. The van der Waals surface area contributed by atoms with Gasteiger partial charge < -0.3 is 47.7 Å². The summed E-state index contributed by atoms with van der Waals surface area (Å²) in [6, 6.07) is 63.2. The zero-order valence-electron chi connectivity index (χ0n) is 67.4. The lowest BCUT2D eigenvalue weighted by atomic mass is 9.80. The highest BCUT2D eigenvalue weighted by Crippen LogP contribution is 2.56. The van der Waals surface area contributed by atoms with E-state index in [0.29, 0.717) is 53.9 Å². The van der Waals surface area contributed by atoms with Gasteiger partial charge in [0.15, 0.2) is 17.0 Å². The molecule has 2 N–H and O–H groups in total. The smallest absolute Gasteiger partial charge is 0.475 e. The molecular weight excluding hydrogens is 1550 g/mol. The van der Waals surface area contributed by atoms with E-state index in [2.05, 4.69) is 66.7 Å². The van der Waals surface area contributed by atoms with Gasteiger partial charge in [-0.1, -0.05) is 146 Å². The number of rotatable bonds is 40. The van der Waals surface area contributed by atoms with E-state index in [4.69, 9.17) is 56.0 Å². The maximum atomic E-state index is 16.1. The Kier molecular flexibility index (Phi) is 29.3. The molecule has 7 aromatic carbocycles. The maximum Gasteiger partial charge on any atom is 0.475 e. The first-order chi connectivity index (χ1) is 57.8. The van der Waals surface area contributed by atoms with Crippen molar-refractivity contribution in [2.45, 2.75) is 146 Å². The fourth-order valence-corrected chi connectivity index (χ4v) is 18.2. The Morgan fingerprint density at radius 3 is 1.94 bits per heavy atom. The van der Waals surface area contributed by atoms with Crippen LogP contribution in [-0.2, 0) is 74.2 Å². The van der Waals surface area contributed by atoms with Crippen LogP contribution in [-0.4, -0.2) is 155 Å². The SMILES string of the molecule is COc1ccc(C(OC[C@H]2O[C@@H](n3cnc4c(NC(=O)c5ccc(CCC(=O)Cc6ccccc6)cc5)ncnc43)C[C@H]2OP(=O)(OCCC#N)OC[C@H]2O[C@@H]([n+]3ccc(NC(=O)CCCN(C)C(=O)OCC4c5ccccc5-c5ccccc54)nc3)C[C@H]2OP(OCCC#N)N(C(C)C)C(C)C)(c2ccccc2)c2ccc(OC)cc2)cc1. The molecule has 8 atom stereocenters. The number of nitriles is 2. The third-order valence-corrected chi connectivity index (χ3v) is 24.6. The van der Waals surface area contributed by atoms with Gasteiger partial charge in [0.2, 0.25) is 12.1 Å². The minimum atomic E-state index is -4.89. The molecule has 1 aliphatic carbocycles. The largest absolute Gasteiger partial charge is 0.497 e. The van der Waals surface area contributed by atoms with Crippen molar-refractivity contribution >= 4 is 62.8 Å². The van der Waals surface area contributed by atoms with E-state index in [0.717, 1.165) is 38.9 Å². The number of hydrogen-bond acceptors (Lipinski definition) is 23. The number of hydrogen-bond donors (Lipinski definition) is 2. The molecule has 119 heavy (non-hydrogen) atoms. The molecule has 0 spiro atoms. The quantitative estimate of drug-likeness (QED) is 0.0156. The molecule has 30 heteroatoms. The van der Waals surface area contributed by atoms with E-state index in [1.54, 1.807) is 54.8 Å². The van der Waals surface area contributed by atoms with Crippen LogP contribution in [0.4, 0.5) is 16.4 Å². The monoisotopic (exact) mass is 1650 g/mol. The lowest BCUT2D eigenvalue weighted by Gasteiger charge is -2.37. The number of nitrogens with zero attached hydrogens (tertiary/aromatic N) is 10. The van der Waals surface area contributed by atoms with Crippen LogP contribution in [0.1, 0.15) is 140 Å². The van der Waals surface area contributed by atoms with E-state index in [9.17, 15) is 29.7 Å². The van der Waals surface area contributed by atoms with Crippen LogP contribution in [0.3, 0.4) is 0 Å². The third-order valence-electron chi connectivity index (χ3n) is 20.9. The fraction of sp³-hybridized carbons (Fsp3) is 0.360. The van der Waals surface area contributed by atoms with Gasteiger partial charge in [-0.3, -0.25) is 37.8 Å². The zero-order chi connectivity index (χ0) is 83.4. The average molecular weight is 1650 g/mol. The average Bonchev–Trinajstić information content (AvgIpc) is 1.74. The van der Waals surface area contributed by atoms with Gasteiger partial charge in [0.25, 0.3) is 26.6 Å². The van der Waals surface area contributed by atoms with E-state index < -0.39 is 77.4 Å². The second kappa shape index (κ2) is 40.6. The number of phosphoric acid groups is 1. The molecule has 2 aliphatic heterocycles. The lowest BCUT2D eigenvalue weighted by molar-refractivity contribution is -0.761. The van der Waals surface area contributed by atoms with Gasteiger partial charge in [-0.15, -0.1) is 0 Å². The summed E-state index contributed by atoms with van der Waals surface area (Å²) >= 11 is 0. The summed E-state index contributed by atoms with van der Waals surface area (Å²) in [5.74, 6) is 0.792. The van der Waals surface area contributed by atoms with Crippen molar-refractivity contribution in [1.29, 1.82) is 10.5 Å². The van der Waals surface area contributed by atoms with Crippen molar-refractivity contribution in [2.24, 2.45) is 0 Å². The summed E-state index contributed by atoms with van der Waals surface area (Å²) in [5.41, 5.74) is 7.90.